The van der Waals surface area contributed by atoms with Crippen LogP contribution in [0.25, 0.3) is 0 Å². The molecule has 6 heteroatoms. The summed E-state index contributed by atoms with van der Waals surface area (Å²) in [6.45, 7) is 1.98. The first kappa shape index (κ1) is 22.1. The van der Waals surface area contributed by atoms with E-state index in [1.807, 2.05) is 55.5 Å². The predicted octanol–water partition coefficient (Wildman–Crippen LogP) is 4.30. The van der Waals surface area contributed by atoms with E-state index in [0.29, 0.717) is 17.1 Å². The van der Waals surface area contributed by atoms with Crippen molar-refractivity contribution in [3.63, 3.8) is 0 Å². The molecule has 0 amide bonds. The first-order valence-corrected chi connectivity index (χ1v) is 9.48. The van der Waals surface area contributed by atoms with Gasteiger partial charge < -0.3 is 14.2 Å². The van der Waals surface area contributed by atoms with Crippen LogP contribution in [0.2, 0.25) is 0 Å². The van der Waals surface area contributed by atoms with Crippen LogP contribution in [0, 0.1) is 6.92 Å². The van der Waals surface area contributed by atoms with Gasteiger partial charge in [0.05, 0.1) is 14.2 Å². The number of methoxy groups -OCH3 is 2. The quantitative estimate of drug-likeness (QED) is 0.447. The predicted molar refractivity (Wildman–Crippen MR) is 117 cm³/mol. The minimum absolute atomic E-state index is 0. The Labute approximate surface area is 179 Å². The van der Waals surface area contributed by atoms with Gasteiger partial charge in [0, 0.05) is 0 Å². The maximum absolute atomic E-state index is 12.9. The summed E-state index contributed by atoms with van der Waals surface area (Å²) in [5.74, 6) is 2.57. The molecule has 4 nitrogen and oxygen atoms in total. The monoisotopic (exact) mass is 388 g/mol. The van der Waals surface area contributed by atoms with Crippen LogP contribution in [-0.4, -0.2) is 38.6 Å². The number of aryl methyl sites for hydroxylation is 1. The zero-order valence-corrected chi connectivity index (χ0v) is 16.5. The third-order valence-corrected chi connectivity index (χ3v) is 5.39. The Morgan fingerprint density at radius 3 is 2.04 bits per heavy atom. The third-order valence-electron chi connectivity index (χ3n) is 4.08. The van der Waals surface area contributed by atoms with Crippen LogP contribution in [0.3, 0.4) is 0 Å². The number of hydrogen-bond acceptors (Lipinski definition) is 4. The Balaban J connectivity index is 0.00000280. The van der Waals surface area contributed by atoms with Crippen LogP contribution in [0.5, 0.6) is 23.0 Å². The molecule has 0 N–H and O–H groups in total. The fraction of sp³-hybridized carbons (Fsp3) is 0.136. The molecule has 28 heavy (non-hydrogen) atoms. The van der Waals surface area contributed by atoms with Crippen molar-refractivity contribution in [1.82, 2.24) is 0 Å². The second kappa shape index (κ2) is 10.3. The normalized spacial score (nSPS) is 10.4. The average Bonchev–Trinajstić information content (AvgIpc) is 2.70. The van der Waals surface area contributed by atoms with Crippen molar-refractivity contribution in [2.24, 2.45) is 0 Å². The molecule has 1 unspecified atom stereocenters. The number of carbonyl (C=O) groups excluding carboxylic acids is 1. The first-order valence-electron chi connectivity index (χ1n) is 8.48. The van der Waals surface area contributed by atoms with Gasteiger partial charge in [0.1, 0.15) is 28.6 Å². The Morgan fingerprint density at radius 1 is 0.821 bits per heavy atom. The van der Waals surface area contributed by atoms with Gasteiger partial charge in [0.15, 0.2) is 5.52 Å². The molecule has 0 saturated carbocycles. The van der Waals surface area contributed by atoms with Gasteiger partial charge in [-0.25, -0.2) is 0 Å². The molecule has 0 aliphatic rings. The molecular weight excluding hydrogens is 366 g/mol. The topological polar surface area (TPSA) is 44.8 Å². The number of carbonyl (C=O) groups is 1. The standard InChI is InChI=1S/C22H21O4P.Li.H/c1-15-14-17(26-16-8-5-4-6-9-16)12-13-20(15)27-22(23)21-18(24-2)10-7-11-19(21)25-3;;/h4-14,27H,1-3H3;;. The molecule has 3 rings (SSSR count). The summed E-state index contributed by atoms with van der Waals surface area (Å²) in [6.07, 6.45) is 0. The summed E-state index contributed by atoms with van der Waals surface area (Å²) in [6, 6.07) is 20.7. The molecule has 3 aromatic rings. The van der Waals surface area contributed by atoms with Crippen molar-refractivity contribution >= 4 is 38.3 Å². The summed E-state index contributed by atoms with van der Waals surface area (Å²) >= 11 is 0. The van der Waals surface area contributed by atoms with Gasteiger partial charge in [-0.3, -0.25) is 4.79 Å². The van der Waals surface area contributed by atoms with Gasteiger partial charge in [-0.15, -0.1) is 0 Å². The maximum atomic E-state index is 12.9. The van der Waals surface area contributed by atoms with E-state index < -0.39 is 0 Å². The van der Waals surface area contributed by atoms with Crippen molar-refractivity contribution in [1.29, 1.82) is 0 Å². The molecule has 140 valence electrons. The van der Waals surface area contributed by atoms with Crippen LogP contribution in [0.15, 0.2) is 66.7 Å². The van der Waals surface area contributed by atoms with Gasteiger partial charge in [-0.05, 0) is 62.8 Å². The van der Waals surface area contributed by atoms with E-state index in [-0.39, 0.29) is 33.0 Å². The van der Waals surface area contributed by atoms with Crippen molar-refractivity contribution in [2.45, 2.75) is 6.92 Å². The van der Waals surface area contributed by atoms with E-state index >= 15 is 0 Å². The molecule has 3 aromatic carbocycles. The van der Waals surface area contributed by atoms with Crippen LogP contribution in [0.1, 0.15) is 15.9 Å². The van der Waals surface area contributed by atoms with Gasteiger partial charge >= 0.3 is 18.9 Å². The molecule has 0 heterocycles. The second-order valence-corrected chi connectivity index (χ2v) is 7.13. The van der Waals surface area contributed by atoms with Crippen LogP contribution in [0.4, 0.5) is 0 Å². The minimum atomic E-state index is -0.0368. The summed E-state index contributed by atoms with van der Waals surface area (Å²) < 4.78 is 16.5. The molecule has 0 saturated heterocycles. The molecule has 1 atom stereocenters. The summed E-state index contributed by atoms with van der Waals surface area (Å²) in [5, 5.41) is 0.966. The van der Waals surface area contributed by atoms with Crippen molar-refractivity contribution in [3.8, 4) is 23.0 Å². The first-order chi connectivity index (χ1) is 13.1. The van der Waals surface area contributed by atoms with E-state index in [1.54, 1.807) is 32.4 Å². The number of para-hydroxylation sites is 1. The SMILES string of the molecule is COc1cccc(OC)c1C(=O)Pc1ccc(Oc2ccccc2)cc1C.[LiH]. The van der Waals surface area contributed by atoms with Gasteiger partial charge in [-0.1, -0.05) is 30.3 Å². The number of benzene rings is 3. The molecule has 0 radical (unpaired) electrons. The van der Waals surface area contributed by atoms with Crippen LogP contribution in [-0.2, 0) is 0 Å². The Hall–Kier alpha value is -2.24. The molecule has 0 bridgehead atoms. The molecule has 0 aliphatic heterocycles. The van der Waals surface area contributed by atoms with E-state index in [9.17, 15) is 4.79 Å². The van der Waals surface area contributed by atoms with Gasteiger partial charge in [0.2, 0.25) is 0 Å². The van der Waals surface area contributed by atoms with Crippen molar-refractivity contribution in [3.05, 3.63) is 77.9 Å². The van der Waals surface area contributed by atoms with Crippen LogP contribution >= 0.6 is 8.58 Å². The Kier molecular flexibility index (Phi) is 8.14. The van der Waals surface area contributed by atoms with E-state index in [0.717, 1.165) is 22.4 Å². The van der Waals surface area contributed by atoms with E-state index in [4.69, 9.17) is 14.2 Å². The molecule has 0 aromatic heterocycles. The third kappa shape index (κ3) is 5.18. The molecule has 0 fully saturated rings. The molecular formula is C22H22LiO4P. The fourth-order valence-electron chi connectivity index (χ4n) is 2.72. The van der Waals surface area contributed by atoms with E-state index in [1.165, 1.54) is 0 Å². The average molecular weight is 388 g/mol. The zero-order valence-electron chi connectivity index (χ0n) is 15.5. The Bertz CT molecular complexity index is 922. The van der Waals surface area contributed by atoms with Crippen molar-refractivity contribution in [2.75, 3.05) is 14.2 Å². The zero-order chi connectivity index (χ0) is 19.2. The van der Waals surface area contributed by atoms with Crippen molar-refractivity contribution < 1.29 is 19.0 Å². The number of rotatable bonds is 7. The summed E-state index contributed by atoms with van der Waals surface area (Å²) in [4.78, 5) is 12.9. The summed E-state index contributed by atoms with van der Waals surface area (Å²) in [7, 11) is 3.07. The van der Waals surface area contributed by atoms with Crippen LogP contribution < -0.4 is 19.5 Å². The van der Waals surface area contributed by atoms with Gasteiger partial charge in [0.25, 0.3) is 0 Å². The summed E-state index contributed by atoms with van der Waals surface area (Å²) in [5.41, 5.74) is 1.46. The molecule has 0 aliphatic carbocycles. The second-order valence-electron chi connectivity index (χ2n) is 5.88. The van der Waals surface area contributed by atoms with Gasteiger partial charge in [-0.2, -0.15) is 0 Å². The number of hydrogen-bond donors (Lipinski definition) is 0. The van der Waals surface area contributed by atoms with E-state index in [2.05, 4.69) is 0 Å². The number of ether oxygens (including phenoxy) is 3. The fourth-order valence-corrected chi connectivity index (χ4v) is 3.78. The Morgan fingerprint density at radius 2 is 1.46 bits per heavy atom. The molecule has 0 spiro atoms.